The summed E-state index contributed by atoms with van der Waals surface area (Å²) in [7, 11) is 1.91. The van der Waals surface area contributed by atoms with Gasteiger partial charge in [0.2, 0.25) is 0 Å². The van der Waals surface area contributed by atoms with Crippen LogP contribution in [0.5, 0.6) is 0 Å². The van der Waals surface area contributed by atoms with Gasteiger partial charge >= 0.3 is 5.97 Å². The van der Waals surface area contributed by atoms with E-state index in [-0.39, 0.29) is 12.0 Å². The minimum absolute atomic E-state index is 0.189. The fourth-order valence-electron chi connectivity index (χ4n) is 2.28. The lowest BCUT2D eigenvalue weighted by atomic mass is 10.1. The maximum absolute atomic E-state index is 12.1. The highest BCUT2D eigenvalue weighted by atomic mass is 16.5. The van der Waals surface area contributed by atoms with Crippen LogP contribution in [0.3, 0.4) is 0 Å². The number of ether oxygens (including phenoxy) is 1. The van der Waals surface area contributed by atoms with E-state index in [0.29, 0.717) is 6.61 Å². The van der Waals surface area contributed by atoms with Crippen molar-refractivity contribution in [3.05, 3.63) is 17.0 Å². The Morgan fingerprint density at radius 1 is 1.42 bits per heavy atom. The van der Waals surface area contributed by atoms with Gasteiger partial charge < -0.3 is 10.1 Å². The second kappa shape index (κ2) is 7.28. The topological polar surface area (TPSA) is 56.2 Å². The summed E-state index contributed by atoms with van der Waals surface area (Å²) in [4.78, 5) is 12.1. The van der Waals surface area contributed by atoms with E-state index < -0.39 is 0 Å². The van der Waals surface area contributed by atoms with Crippen LogP contribution in [0, 0.1) is 13.8 Å². The van der Waals surface area contributed by atoms with Crippen LogP contribution in [0.25, 0.3) is 0 Å². The molecule has 0 aliphatic rings. The summed E-state index contributed by atoms with van der Waals surface area (Å²) in [6, 6.07) is -0.311. The molecule has 108 valence electrons. The molecule has 0 spiro atoms. The molecule has 0 saturated carbocycles. The molecule has 0 amide bonds. The van der Waals surface area contributed by atoms with Gasteiger partial charge in [-0.1, -0.05) is 13.3 Å². The molecule has 1 aromatic heterocycles. The molecule has 0 saturated heterocycles. The highest BCUT2D eigenvalue weighted by Crippen LogP contribution is 2.22. The zero-order chi connectivity index (χ0) is 14.4. The van der Waals surface area contributed by atoms with Gasteiger partial charge in [-0.3, -0.25) is 4.68 Å². The Morgan fingerprint density at radius 2 is 2.11 bits per heavy atom. The quantitative estimate of drug-likeness (QED) is 0.769. The number of nitrogens with one attached hydrogen (secondary N) is 1. The second-order valence-corrected chi connectivity index (χ2v) is 4.68. The summed E-state index contributed by atoms with van der Waals surface area (Å²) in [6.45, 7) is 9.04. The molecular weight excluding hydrogens is 242 g/mol. The Labute approximate surface area is 115 Å². The number of carbonyl (C=O) groups is 1. The molecule has 0 fully saturated rings. The van der Waals surface area contributed by atoms with Crippen molar-refractivity contribution in [3.63, 3.8) is 0 Å². The molecule has 1 atom stereocenters. The van der Waals surface area contributed by atoms with Crippen molar-refractivity contribution in [1.82, 2.24) is 15.1 Å². The van der Waals surface area contributed by atoms with Gasteiger partial charge in [0.05, 0.1) is 12.3 Å². The van der Waals surface area contributed by atoms with Gasteiger partial charge in [0, 0.05) is 17.8 Å². The van der Waals surface area contributed by atoms with Crippen LogP contribution in [-0.4, -0.2) is 29.4 Å². The van der Waals surface area contributed by atoms with E-state index in [4.69, 9.17) is 4.74 Å². The Hall–Kier alpha value is -1.36. The monoisotopic (exact) mass is 267 g/mol. The summed E-state index contributed by atoms with van der Waals surface area (Å²) < 4.78 is 6.98. The van der Waals surface area contributed by atoms with Gasteiger partial charge in [0.1, 0.15) is 6.04 Å². The van der Waals surface area contributed by atoms with Crippen molar-refractivity contribution in [2.75, 3.05) is 13.7 Å². The number of nitrogens with zero attached hydrogens (tertiary/aromatic N) is 2. The van der Waals surface area contributed by atoms with Crippen LogP contribution >= 0.6 is 0 Å². The van der Waals surface area contributed by atoms with E-state index in [1.165, 1.54) is 0 Å². The van der Waals surface area contributed by atoms with Crippen LogP contribution in [-0.2, 0) is 16.1 Å². The van der Waals surface area contributed by atoms with E-state index in [2.05, 4.69) is 17.3 Å². The number of hydrogen-bond donors (Lipinski definition) is 1. The van der Waals surface area contributed by atoms with Gasteiger partial charge in [-0.2, -0.15) is 5.10 Å². The Morgan fingerprint density at radius 3 is 2.63 bits per heavy atom. The van der Waals surface area contributed by atoms with E-state index in [1.807, 2.05) is 32.5 Å². The van der Waals surface area contributed by atoms with Gasteiger partial charge in [-0.05, 0) is 34.2 Å². The molecule has 1 rings (SSSR count). The minimum atomic E-state index is -0.311. The Balaban J connectivity index is 3.09. The van der Waals surface area contributed by atoms with Gasteiger partial charge in [-0.15, -0.1) is 0 Å². The standard InChI is InChI=1S/C14H25N3O2/c1-6-8-13(14(18)19-7-2)17-11(4)12(9-15-5)10(3)16-17/h13,15H,6-9H2,1-5H3. The Bertz CT molecular complexity index is 427. The first-order valence-corrected chi connectivity index (χ1v) is 6.92. The first-order valence-electron chi connectivity index (χ1n) is 6.92. The normalized spacial score (nSPS) is 12.5. The first kappa shape index (κ1) is 15.7. The molecule has 1 unspecified atom stereocenters. The smallest absolute Gasteiger partial charge is 0.330 e. The van der Waals surface area contributed by atoms with Crippen LogP contribution in [0.15, 0.2) is 0 Å². The lowest BCUT2D eigenvalue weighted by Crippen LogP contribution is -2.24. The van der Waals surface area contributed by atoms with Crippen LogP contribution in [0.1, 0.15) is 49.7 Å². The van der Waals surface area contributed by atoms with Crippen LogP contribution < -0.4 is 5.32 Å². The molecule has 0 bridgehead atoms. The molecule has 0 aliphatic carbocycles. The molecule has 19 heavy (non-hydrogen) atoms. The van der Waals surface area contributed by atoms with Crippen molar-refractivity contribution in [1.29, 1.82) is 0 Å². The average Bonchev–Trinajstić information content (AvgIpc) is 2.64. The molecule has 1 heterocycles. The zero-order valence-corrected chi connectivity index (χ0v) is 12.6. The Kier molecular flexibility index (Phi) is 6.02. The third kappa shape index (κ3) is 3.56. The molecule has 5 nitrogen and oxygen atoms in total. The second-order valence-electron chi connectivity index (χ2n) is 4.68. The lowest BCUT2D eigenvalue weighted by Gasteiger charge is -2.17. The predicted octanol–water partition coefficient (Wildman–Crippen LogP) is 2.12. The molecule has 1 aromatic rings. The van der Waals surface area contributed by atoms with Gasteiger partial charge in [0.25, 0.3) is 0 Å². The SMILES string of the molecule is CCCC(C(=O)OCC)n1nc(C)c(CNC)c1C. The average molecular weight is 267 g/mol. The van der Waals surface area contributed by atoms with Gasteiger partial charge in [0.15, 0.2) is 0 Å². The maximum atomic E-state index is 12.1. The van der Waals surface area contributed by atoms with Crippen molar-refractivity contribution in [2.24, 2.45) is 0 Å². The van der Waals surface area contributed by atoms with Crippen LogP contribution in [0.2, 0.25) is 0 Å². The van der Waals surface area contributed by atoms with Crippen molar-refractivity contribution >= 4 is 5.97 Å². The lowest BCUT2D eigenvalue weighted by molar-refractivity contribution is -0.147. The van der Waals surface area contributed by atoms with E-state index >= 15 is 0 Å². The van der Waals surface area contributed by atoms with Crippen LogP contribution in [0.4, 0.5) is 0 Å². The fourth-order valence-corrected chi connectivity index (χ4v) is 2.28. The summed E-state index contributed by atoms with van der Waals surface area (Å²) in [6.07, 6.45) is 1.67. The summed E-state index contributed by atoms with van der Waals surface area (Å²) in [5, 5.41) is 7.66. The van der Waals surface area contributed by atoms with Crippen molar-refractivity contribution in [2.45, 2.75) is 53.1 Å². The summed E-state index contributed by atoms with van der Waals surface area (Å²) in [5.41, 5.74) is 3.17. The third-order valence-electron chi connectivity index (χ3n) is 3.24. The highest BCUT2D eigenvalue weighted by Gasteiger charge is 2.25. The fraction of sp³-hybridized carbons (Fsp3) is 0.714. The molecule has 0 aliphatic heterocycles. The predicted molar refractivity (Wildman–Crippen MR) is 75.0 cm³/mol. The summed E-state index contributed by atoms with van der Waals surface area (Å²) in [5.74, 6) is -0.189. The molecule has 0 radical (unpaired) electrons. The molecule has 0 aromatic carbocycles. The zero-order valence-electron chi connectivity index (χ0n) is 12.6. The number of rotatable bonds is 7. The third-order valence-corrected chi connectivity index (χ3v) is 3.24. The van der Waals surface area contributed by atoms with Crippen molar-refractivity contribution < 1.29 is 9.53 Å². The number of carbonyl (C=O) groups excluding carboxylic acids is 1. The van der Waals surface area contributed by atoms with Gasteiger partial charge in [-0.25, -0.2) is 4.79 Å². The van der Waals surface area contributed by atoms with E-state index in [9.17, 15) is 4.79 Å². The highest BCUT2D eigenvalue weighted by molar-refractivity contribution is 5.74. The van der Waals surface area contributed by atoms with Crippen molar-refractivity contribution in [3.8, 4) is 0 Å². The number of aromatic nitrogens is 2. The molecule has 1 N–H and O–H groups in total. The molecule has 5 heteroatoms. The largest absolute Gasteiger partial charge is 0.464 e. The number of esters is 1. The number of hydrogen-bond acceptors (Lipinski definition) is 4. The first-order chi connectivity index (χ1) is 9.06. The van der Waals surface area contributed by atoms with E-state index in [0.717, 1.165) is 36.3 Å². The summed E-state index contributed by atoms with van der Waals surface area (Å²) >= 11 is 0. The number of aryl methyl sites for hydroxylation is 1. The molecular formula is C14H25N3O2. The maximum Gasteiger partial charge on any atom is 0.330 e. The van der Waals surface area contributed by atoms with E-state index in [1.54, 1.807) is 0 Å². The minimum Gasteiger partial charge on any atom is -0.464 e.